The summed E-state index contributed by atoms with van der Waals surface area (Å²) in [6.07, 6.45) is 0. The number of nitrogens with zero attached hydrogens (tertiary/aromatic N) is 4. The van der Waals surface area contributed by atoms with Crippen LogP contribution in [-0.2, 0) is 20.9 Å². The monoisotopic (exact) mass is 479 g/mol. The number of hydrogen-bond donors (Lipinski definition) is 1. The molecule has 0 spiro atoms. The van der Waals surface area contributed by atoms with Crippen molar-refractivity contribution in [3.63, 3.8) is 0 Å². The average Bonchev–Trinajstić information content (AvgIpc) is 3.26. The topological polar surface area (TPSA) is 89.4 Å². The Bertz CT molecular complexity index is 1330. The first-order chi connectivity index (χ1) is 17.0. The fourth-order valence-electron chi connectivity index (χ4n) is 3.74. The van der Waals surface area contributed by atoms with Crippen LogP contribution in [0.2, 0.25) is 0 Å². The van der Waals surface area contributed by atoms with Gasteiger partial charge in [0.15, 0.2) is 0 Å². The minimum absolute atomic E-state index is 0.0106. The molecule has 1 N–H and O–H groups in total. The molecule has 180 valence electrons. The smallest absolute Gasteiger partial charge is 0.249 e. The first-order valence-corrected chi connectivity index (χ1v) is 10.9. The van der Waals surface area contributed by atoms with Crippen LogP contribution in [0.25, 0.3) is 11.0 Å². The zero-order chi connectivity index (χ0) is 24.8. The number of amides is 2. The van der Waals surface area contributed by atoms with Gasteiger partial charge in [-0.05, 0) is 42.5 Å². The molecule has 0 aliphatic rings. The van der Waals surface area contributed by atoms with E-state index >= 15 is 0 Å². The third kappa shape index (κ3) is 5.33. The highest BCUT2D eigenvalue weighted by Crippen LogP contribution is 2.30. The Balaban J connectivity index is 1.78. The highest BCUT2D eigenvalue weighted by Gasteiger charge is 2.34. The summed E-state index contributed by atoms with van der Waals surface area (Å²) in [4.78, 5) is 28.2. The van der Waals surface area contributed by atoms with Crippen molar-refractivity contribution in [2.75, 3.05) is 25.2 Å². The van der Waals surface area contributed by atoms with Gasteiger partial charge in [-0.25, -0.2) is 13.5 Å². The molecule has 1 heterocycles. The Morgan fingerprint density at radius 3 is 2.49 bits per heavy atom. The number of fused-ring (bicyclic) bond motifs is 1. The molecule has 0 aliphatic carbocycles. The predicted molar refractivity (Wildman–Crippen MR) is 125 cm³/mol. The summed E-state index contributed by atoms with van der Waals surface area (Å²) >= 11 is 0. The standard InChI is InChI=1S/C25H23F2N5O3/c1-35-15-14-28-25(34)24(19-6-2-3-7-20(19)27)32(18-12-10-17(26)11-13-18)23(33)16-31-22-9-5-4-8-21(22)29-30-31/h2-13,24H,14-16H2,1H3,(H,28,34)/t24-/m0/s1. The Kier molecular flexibility index (Phi) is 7.41. The molecule has 1 aromatic heterocycles. The van der Waals surface area contributed by atoms with Gasteiger partial charge in [0.2, 0.25) is 11.8 Å². The molecule has 10 heteroatoms. The van der Waals surface area contributed by atoms with Gasteiger partial charge in [-0.1, -0.05) is 35.5 Å². The van der Waals surface area contributed by atoms with Gasteiger partial charge in [-0.15, -0.1) is 5.10 Å². The van der Waals surface area contributed by atoms with E-state index in [0.29, 0.717) is 11.0 Å². The maximum atomic E-state index is 14.9. The van der Waals surface area contributed by atoms with Gasteiger partial charge < -0.3 is 10.1 Å². The van der Waals surface area contributed by atoms with Gasteiger partial charge in [-0.2, -0.15) is 0 Å². The van der Waals surface area contributed by atoms with E-state index in [1.165, 1.54) is 54.3 Å². The number of para-hydroxylation sites is 1. The van der Waals surface area contributed by atoms with E-state index < -0.39 is 29.5 Å². The van der Waals surface area contributed by atoms with E-state index in [9.17, 15) is 18.4 Å². The summed E-state index contributed by atoms with van der Waals surface area (Å²) in [5.41, 5.74) is 1.42. The van der Waals surface area contributed by atoms with Crippen molar-refractivity contribution in [2.24, 2.45) is 0 Å². The van der Waals surface area contributed by atoms with E-state index in [0.717, 1.165) is 4.90 Å². The fraction of sp³-hybridized carbons (Fsp3) is 0.200. The zero-order valence-corrected chi connectivity index (χ0v) is 18.9. The third-order valence-electron chi connectivity index (χ3n) is 5.39. The molecule has 35 heavy (non-hydrogen) atoms. The van der Waals surface area contributed by atoms with Gasteiger partial charge >= 0.3 is 0 Å². The lowest BCUT2D eigenvalue weighted by molar-refractivity contribution is -0.127. The van der Waals surface area contributed by atoms with Gasteiger partial charge in [-0.3, -0.25) is 14.5 Å². The number of rotatable bonds is 9. The molecule has 8 nitrogen and oxygen atoms in total. The number of halogens is 2. The van der Waals surface area contributed by atoms with E-state index in [4.69, 9.17) is 4.74 Å². The minimum Gasteiger partial charge on any atom is -0.383 e. The van der Waals surface area contributed by atoms with Crippen LogP contribution in [0.4, 0.5) is 14.5 Å². The molecule has 2 amide bonds. The van der Waals surface area contributed by atoms with Crippen molar-refractivity contribution in [2.45, 2.75) is 12.6 Å². The summed E-state index contributed by atoms with van der Waals surface area (Å²) in [6, 6.07) is 16.5. The molecule has 0 unspecified atom stereocenters. The average molecular weight is 479 g/mol. The van der Waals surface area contributed by atoms with Crippen molar-refractivity contribution in [3.8, 4) is 0 Å². The number of benzene rings is 3. The number of hydrogen-bond acceptors (Lipinski definition) is 5. The lowest BCUT2D eigenvalue weighted by Gasteiger charge is -2.31. The number of ether oxygens (including phenoxy) is 1. The third-order valence-corrected chi connectivity index (χ3v) is 5.39. The predicted octanol–water partition coefficient (Wildman–Crippen LogP) is 3.25. The van der Waals surface area contributed by atoms with E-state index in [1.807, 2.05) is 0 Å². The number of aromatic nitrogens is 3. The number of anilines is 1. The largest absolute Gasteiger partial charge is 0.383 e. The Labute approximate surface area is 200 Å². The van der Waals surface area contributed by atoms with Gasteiger partial charge in [0, 0.05) is 24.9 Å². The maximum Gasteiger partial charge on any atom is 0.249 e. The number of carbonyl (C=O) groups is 2. The summed E-state index contributed by atoms with van der Waals surface area (Å²) < 4.78 is 35.0. The molecule has 4 rings (SSSR count). The van der Waals surface area contributed by atoms with Crippen LogP contribution in [0, 0.1) is 11.6 Å². The van der Waals surface area contributed by atoms with Crippen molar-refractivity contribution < 1.29 is 23.1 Å². The van der Waals surface area contributed by atoms with Crippen LogP contribution in [0.15, 0.2) is 72.8 Å². The van der Waals surface area contributed by atoms with Crippen LogP contribution in [-0.4, -0.2) is 47.1 Å². The van der Waals surface area contributed by atoms with Crippen molar-refractivity contribution in [3.05, 3.63) is 90.0 Å². The van der Waals surface area contributed by atoms with Crippen molar-refractivity contribution in [1.82, 2.24) is 20.3 Å². The molecular weight excluding hydrogens is 456 g/mol. The number of methoxy groups -OCH3 is 1. The quantitative estimate of drug-likeness (QED) is 0.373. The summed E-state index contributed by atoms with van der Waals surface area (Å²) in [5.74, 6) is -2.36. The number of carbonyl (C=O) groups excluding carboxylic acids is 2. The van der Waals surface area contributed by atoms with Crippen LogP contribution >= 0.6 is 0 Å². The van der Waals surface area contributed by atoms with Crippen molar-refractivity contribution in [1.29, 1.82) is 0 Å². The Morgan fingerprint density at radius 2 is 1.74 bits per heavy atom. The van der Waals surface area contributed by atoms with Crippen LogP contribution < -0.4 is 10.2 Å². The second kappa shape index (κ2) is 10.8. The normalized spacial score (nSPS) is 11.9. The fourth-order valence-corrected chi connectivity index (χ4v) is 3.74. The summed E-state index contributed by atoms with van der Waals surface area (Å²) in [5, 5.41) is 10.8. The SMILES string of the molecule is COCCNC(=O)[C@H](c1ccccc1F)N(C(=O)Cn1nnc2ccccc21)c1ccc(F)cc1. The molecule has 0 saturated heterocycles. The summed E-state index contributed by atoms with van der Waals surface area (Å²) in [6.45, 7) is 0.0960. The second-order valence-electron chi connectivity index (χ2n) is 7.68. The Morgan fingerprint density at radius 1 is 1.03 bits per heavy atom. The molecule has 0 fully saturated rings. The lowest BCUT2D eigenvalue weighted by atomic mass is 10.0. The highest BCUT2D eigenvalue weighted by molar-refractivity contribution is 6.01. The summed E-state index contributed by atoms with van der Waals surface area (Å²) in [7, 11) is 1.48. The van der Waals surface area contributed by atoms with E-state index in [-0.39, 0.29) is 30.9 Å². The zero-order valence-electron chi connectivity index (χ0n) is 18.9. The van der Waals surface area contributed by atoms with Crippen LogP contribution in [0.5, 0.6) is 0 Å². The second-order valence-corrected chi connectivity index (χ2v) is 7.68. The van der Waals surface area contributed by atoms with Gasteiger partial charge in [0.1, 0.15) is 29.7 Å². The van der Waals surface area contributed by atoms with E-state index in [2.05, 4.69) is 15.6 Å². The first-order valence-electron chi connectivity index (χ1n) is 10.9. The lowest BCUT2D eigenvalue weighted by Crippen LogP contribution is -2.46. The van der Waals surface area contributed by atoms with Gasteiger partial charge in [0.05, 0.1) is 12.1 Å². The molecule has 0 bridgehead atoms. The van der Waals surface area contributed by atoms with Gasteiger partial charge in [0.25, 0.3) is 0 Å². The molecule has 0 aliphatic heterocycles. The molecular formula is C25H23F2N5O3. The van der Waals surface area contributed by atoms with E-state index in [1.54, 1.807) is 30.3 Å². The highest BCUT2D eigenvalue weighted by atomic mass is 19.1. The van der Waals surface area contributed by atoms with Crippen LogP contribution in [0.1, 0.15) is 11.6 Å². The molecule has 3 aromatic carbocycles. The van der Waals surface area contributed by atoms with Crippen LogP contribution in [0.3, 0.4) is 0 Å². The minimum atomic E-state index is -1.37. The molecule has 0 saturated carbocycles. The number of nitrogens with one attached hydrogen (secondary N) is 1. The Hall–Kier alpha value is -4.18. The molecule has 0 radical (unpaired) electrons. The van der Waals surface area contributed by atoms with Crippen molar-refractivity contribution >= 4 is 28.5 Å². The first kappa shape index (κ1) is 24.0. The molecule has 1 atom stereocenters. The maximum absolute atomic E-state index is 14.9. The molecule has 4 aromatic rings.